The van der Waals surface area contributed by atoms with E-state index in [1.807, 2.05) is 6.92 Å². The second-order valence-corrected chi connectivity index (χ2v) is 3.67. The molecule has 3 N–H and O–H groups in total. The van der Waals surface area contributed by atoms with Gasteiger partial charge in [0.2, 0.25) is 11.8 Å². The number of carbonyl (C=O) groups excluding carboxylic acids is 2. The first kappa shape index (κ1) is 12.0. The standard InChI is InChI=1S/C10H19N3O2/c1-2-11-9(14)7-13-8-5-3-4-6-12-10(8)15/h8,13H,2-7H2,1H3,(H,11,14)(H,12,15). The Bertz CT molecular complexity index is 231. The molecular weight excluding hydrogens is 194 g/mol. The molecule has 0 aromatic carbocycles. The van der Waals surface area contributed by atoms with Crippen LogP contribution in [-0.4, -0.2) is 37.5 Å². The minimum Gasteiger partial charge on any atom is -0.355 e. The molecule has 0 bridgehead atoms. The first-order valence-electron chi connectivity index (χ1n) is 5.52. The largest absolute Gasteiger partial charge is 0.355 e. The molecule has 2 amide bonds. The summed E-state index contributed by atoms with van der Waals surface area (Å²) in [6.45, 7) is 3.46. The van der Waals surface area contributed by atoms with Crippen LogP contribution in [0.2, 0.25) is 0 Å². The molecule has 1 unspecified atom stereocenters. The van der Waals surface area contributed by atoms with Crippen molar-refractivity contribution in [1.82, 2.24) is 16.0 Å². The van der Waals surface area contributed by atoms with E-state index in [9.17, 15) is 9.59 Å². The van der Waals surface area contributed by atoms with Crippen LogP contribution in [0, 0.1) is 0 Å². The molecule has 1 aliphatic rings. The summed E-state index contributed by atoms with van der Waals surface area (Å²) in [6.07, 6.45) is 2.85. The van der Waals surface area contributed by atoms with E-state index in [1.54, 1.807) is 0 Å². The highest BCUT2D eigenvalue weighted by atomic mass is 16.2. The van der Waals surface area contributed by atoms with E-state index in [4.69, 9.17) is 0 Å². The molecule has 15 heavy (non-hydrogen) atoms. The Hall–Kier alpha value is -1.10. The molecule has 1 heterocycles. The van der Waals surface area contributed by atoms with Gasteiger partial charge in [-0.05, 0) is 26.2 Å². The lowest BCUT2D eigenvalue weighted by Gasteiger charge is -2.14. The first-order valence-corrected chi connectivity index (χ1v) is 5.52. The van der Waals surface area contributed by atoms with Crippen molar-refractivity contribution in [2.24, 2.45) is 0 Å². The lowest BCUT2D eigenvalue weighted by atomic mass is 10.1. The van der Waals surface area contributed by atoms with E-state index in [1.165, 1.54) is 0 Å². The van der Waals surface area contributed by atoms with Crippen molar-refractivity contribution in [3.63, 3.8) is 0 Å². The lowest BCUT2D eigenvalue weighted by molar-refractivity contribution is -0.123. The topological polar surface area (TPSA) is 70.2 Å². The Morgan fingerprint density at radius 1 is 1.53 bits per heavy atom. The van der Waals surface area contributed by atoms with Gasteiger partial charge in [0, 0.05) is 13.1 Å². The minimum atomic E-state index is -0.213. The highest BCUT2D eigenvalue weighted by Gasteiger charge is 2.20. The van der Waals surface area contributed by atoms with Crippen molar-refractivity contribution in [1.29, 1.82) is 0 Å². The first-order chi connectivity index (χ1) is 7.24. The van der Waals surface area contributed by atoms with Gasteiger partial charge in [0.05, 0.1) is 12.6 Å². The average molecular weight is 213 g/mol. The summed E-state index contributed by atoms with van der Waals surface area (Å²) in [4.78, 5) is 22.7. The number of carbonyl (C=O) groups is 2. The van der Waals surface area contributed by atoms with Crippen LogP contribution in [0.1, 0.15) is 26.2 Å². The molecule has 0 radical (unpaired) electrons. The Balaban J connectivity index is 2.29. The summed E-state index contributed by atoms with van der Waals surface area (Å²) in [6, 6.07) is -0.213. The van der Waals surface area contributed by atoms with Gasteiger partial charge in [0.15, 0.2) is 0 Å². The van der Waals surface area contributed by atoms with Crippen LogP contribution in [0.25, 0.3) is 0 Å². The van der Waals surface area contributed by atoms with Crippen LogP contribution >= 0.6 is 0 Å². The zero-order valence-electron chi connectivity index (χ0n) is 9.14. The van der Waals surface area contributed by atoms with Crippen LogP contribution in [-0.2, 0) is 9.59 Å². The summed E-state index contributed by atoms with van der Waals surface area (Å²) < 4.78 is 0. The maximum absolute atomic E-state index is 11.5. The molecule has 1 atom stereocenters. The molecule has 0 saturated carbocycles. The molecule has 0 aromatic rings. The fourth-order valence-corrected chi connectivity index (χ4v) is 1.61. The predicted octanol–water partition coefficient (Wildman–Crippen LogP) is -0.619. The predicted molar refractivity (Wildman–Crippen MR) is 57.3 cm³/mol. The van der Waals surface area contributed by atoms with E-state index in [-0.39, 0.29) is 24.4 Å². The van der Waals surface area contributed by atoms with Crippen LogP contribution < -0.4 is 16.0 Å². The highest BCUT2D eigenvalue weighted by molar-refractivity contribution is 5.83. The molecule has 1 fully saturated rings. The van der Waals surface area contributed by atoms with E-state index in [0.29, 0.717) is 6.54 Å². The van der Waals surface area contributed by atoms with E-state index < -0.39 is 0 Å². The number of rotatable bonds is 4. The summed E-state index contributed by atoms with van der Waals surface area (Å²) >= 11 is 0. The molecule has 0 aromatic heterocycles. The zero-order chi connectivity index (χ0) is 11.1. The van der Waals surface area contributed by atoms with Gasteiger partial charge in [0.25, 0.3) is 0 Å². The molecular formula is C10H19N3O2. The number of amides is 2. The Morgan fingerprint density at radius 2 is 2.33 bits per heavy atom. The third-order valence-corrected chi connectivity index (χ3v) is 2.42. The third kappa shape index (κ3) is 4.29. The fourth-order valence-electron chi connectivity index (χ4n) is 1.61. The number of hydrogen-bond acceptors (Lipinski definition) is 3. The number of likely N-dealkylation sites (N-methyl/N-ethyl adjacent to an activating group) is 1. The van der Waals surface area contributed by atoms with Crippen molar-refractivity contribution < 1.29 is 9.59 Å². The van der Waals surface area contributed by atoms with Crippen molar-refractivity contribution in [2.75, 3.05) is 19.6 Å². The fraction of sp³-hybridized carbons (Fsp3) is 0.800. The van der Waals surface area contributed by atoms with Gasteiger partial charge < -0.3 is 10.6 Å². The van der Waals surface area contributed by atoms with E-state index in [2.05, 4.69) is 16.0 Å². The maximum Gasteiger partial charge on any atom is 0.237 e. The smallest absolute Gasteiger partial charge is 0.237 e. The van der Waals surface area contributed by atoms with Gasteiger partial charge in [0.1, 0.15) is 0 Å². The van der Waals surface area contributed by atoms with Crippen LogP contribution in [0.4, 0.5) is 0 Å². The van der Waals surface area contributed by atoms with Gasteiger partial charge >= 0.3 is 0 Å². The molecule has 5 nitrogen and oxygen atoms in total. The number of hydrogen-bond donors (Lipinski definition) is 3. The molecule has 1 aliphatic heterocycles. The van der Waals surface area contributed by atoms with Crippen molar-refractivity contribution in [3.8, 4) is 0 Å². The van der Waals surface area contributed by atoms with Gasteiger partial charge in [-0.2, -0.15) is 0 Å². The zero-order valence-corrected chi connectivity index (χ0v) is 9.14. The second kappa shape index (κ2) is 6.40. The van der Waals surface area contributed by atoms with Gasteiger partial charge in [-0.25, -0.2) is 0 Å². The van der Waals surface area contributed by atoms with Crippen LogP contribution in [0.15, 0.2) is 0 Å². The Morgan fingerprint density at radius 3 is 3.07 bits per heavy atom. The van der Waals surface area contributed by atoms with Gasteiger partial charge in [-0.15, -0.1) is 0 Å². The monoisotopic (exact) mass is 213 g/mol. The van der Waals surface area contributed by atoms with Crippen LogP contribution in [0.3, 0.4) is 0 Å². The van der Waals surface area contributed by atoms with Crippen molar-refractivity contribution in [2.45, 2.75) is 32.2 Å². The third-order valence-electron chi connectivity index (χ3n) is 2.42. The summed E-state index contributed by atoms with van der Waals surface area (Å²) in [5.74, 6) is -0.0497. The van der Waals surface area contributed by atoms with Gasteiger partial charge in [-0.1, -0.05) is 0 Å². The van der Waals surface area contributed by atoms with E-state index >= 15 is 0 Å². The Kier molecular flexibility index (Phi) is 5.10. The minimum absolute atomic E-state index is 0.0109. The number of nitrogens with one attached hydrogen (secondary N) is 3. The summed E-state index contributed by atoms with van der Waals surface area (Å²) in [5, 5.41) is 8.47. The SMILES string of the molecule is CCNC(=O)CNC1CCCCNC1=O. The normalized spacial score (nSPS) is 21.7. The molecule has 5 heteroatoms. The lowest BCUT2D eigenvalue weighted by Crippen LogP contribution is -2.46. The molecule has 86 valence electrons. The molecule has 1 rings (SSSR count). The van der Waals surface area contributed by atoms with Gasteiger partial charge in [-0.3, -0.25) is 14.9 Å². The molecule has 0 spiro atoms. The summed E-state index contributed by atoms with van der Waals surface area (Å²) in [5.41, 5.74) is 0. The average Bonchev–Trinajstić information content (AvgIpc) is 2.41. The van der Waals surface area contributed by atoms with Crippen LogP contribution in [0.5, 0.6) is 0 Å². The highest BCUT2D eigenvalue weighted by Crippen LogP contribution is 2.04. The molecule has 1 saturated heterocycles. The second-order valence-electron chi connectivity index (χ2n) is 3.67. The van der Waals surface area contributed by atoms with Crippen molar-refractivity contribution >= 4 is 11.8 Å². The quantitative estimate of drug-likeness (QED) is 0.583. The van der Waals surface area contributed by atoms with Crippen molar-refractivity contribution in [3.05, 3.63) is 0 Å². The maximum atomic E-state index is 11.5. The molecule has 0 aliphatic carbocycles. The van der Waals surface area contributed by atoms with E-state index in [0.717, 1.165) is 25.8 Å². The summed E-state index contributed by atoms with van der Waals surface area (Å²) in [7, 11) is 0. The Labute approximate surface area is 90.0 Å².